The number of carbonyl (C=O) groups is 1. The Labute approximate surface area is 227 Å². The van der Waals surface area contributed by atoms with E-state index >= 15 is 0 Å². The summed E-state index contributed by atoms with van der Waals surface area (Å²) in [5.74, 6) is 0.874. The number of carbonyl (C=O) groups excluding carboxylic acids is 1. The third-order valence-electron chi connectivity index (χ3n) is 7.12. The summed E-state index contributed by atoms with van der Waals surface area (Å²) in [4.78, 5) is 14.2. The molecule has 0 aliphatic carbocycles. The SMILES string of the molecule is Cc1cc(C)cc(CSc2ccccc2C(=O)NCCC[N+]2(Cc3cc(C)cc(C)c3)CCOCC2)c1. The molecule has 196 valence electrons. The molecule has 37 heavy (non-hydrogen) atoms. The highest BCUT2D eigenvalue weighted by atomic mass is 32.2. The standard InChI is InChI=1S/C32H40N2O2S/c1-24-16-25(2)19-28(18-24)22-34(12-14-36-15-13-34)11-7-10-33-32(35)30-8-5-6-9-31(30)37-23-29-20-26(3)17-27(4)21-29/h5-6,8-9,16-21H,7,10-15,22-23H2,1-4H3/p+1. The molecule has 4 rings (SSSR count). The van der Waals surface area contributed by atoms with Gasteiger partial charge in [0.2, 0.25) is 0 Å². The predicted molar refractivity (Wildman–Crippen MR) is 154 cm³/mol. The molecule has 1 aliphatic heterocycles. The van der Waals surface area contributed by atoms with Crippen molar-refractivity contribution in [3.63, 3.8) is 0 Å². The minimum atomic E-state index is 0.0198. The molecule has 0 unspecified atom stereocenters. The number of quaternary nitrogens is 1. The van der Waals surface area contributed by atoms with Crippen LogP contribution in [0.15, 0.2) is 65.6 Å². The number of thioether (sulfide) groups is 1. The lowest BCUT2D eigenvalue weighted by Crippen LogP contribution is -2.55. The number of morpholine rings is 1. The lowest BCUT2D eigenvalue weighted by atomic mass is 10.1. The van der Waals surface area contributed by atoms with Crippen LogP contribution in [0.1, 0.15) is 50.2 Å². The van der Waals surface area contributed by atoms with Gasteiger partial charge in [0.25, 0.3) is 5.91 Å². The van der Waals surface area contributed by atoms with E-state index in [4.69, 9.17) is 4.74 Å². The topological polar surface area (TPSA) is 38.3 Å². The third-order valence-corrected chi connectivity index (χ3v) is 8.27. The van der Waals surface area contributed by atoms with Gasteiger partial charge < -0.3 is 14.5 Å². The van der Waals surface area contributed by atoms with Gasteiger partial charge in [0.1, 0.15) is 19.6 Å². The fourth-order valence-electron chi connectivity index (χ4n) is 5.54. The van der Waals surface area contributed by atoms with E-state index in [1.54, 1.807) is 11.8 Å². The summed E-state index contributed by atoms with van der Waals surface area (Å²) >= 11 is 1.73. The van der Waals surface area contributed by atoms with Gasteiger partial charge in [0.05, 0.1) is 25.3 Å². The summed E-state index contributed by atoms with van der Waals surface area (Å²) in [7, 11) is 0. The molecule has 4 nitrogen and oxygen atoms in total. The number of ether oxygens (including phenoxy) is 1. The second-order valence-corrected chi connectivity index (χ2v) is 11.7. The first-order chi connectivity index (χ1) is 17.8. The van der Waals surface area contributed by atoms with Gasteiger partial charge in [-0.15, -0.1) is 11.8 Å². The van der Waals surface area contributed by atoms with Gasteiger partial charge in [-0.05, 0) is 45.4 Å². The van der Waals surface area contributed by atoms with E-state index in [9.17, 15) is 4.79 Å². The Balaban J connectivity index is 1.34. The van der Waals surface area contributed by atoms with Gasteiger partial charge in [0.15, 0.2) is 0 Å². The molecule has 0 bridgehead atoms. The fraction of sp³-hybridized carbons (Fsp3) is 0.406. The highest BCUT2D eigenvalue weighted by Crippen LogP contribution is 2.27. The lowest BCUT2D eigenvalue weighted by molar-refractivity contribution is -0.947. The molecule has 0 spiro atoms. The van der Waals surface area contributed by atoms with Gasteiger partial charge in [-0.1, -0.05) is 70.8 Å². The minimum absolute atomic E-state index is 0.0198. The van der Waals surface area contributed by atoms with Crippen LogP contribution >= 0.6 is 11.8 Å². The summed E-state index contributed by atoms with van der Waals surface area (Å²) in [6, 6.07) is 21.5. The molecule has 1 heterocycles. The van der Waals surface area contributed by atoms with Gasteiger partial charge in [-0.25, -0.2) is 0 Å². The molecule has 1 saturated heterocycles. The number of nitrogens with zero attached hydrogens (tertiary/aromatic N) is 1. The molecule has 1 fully saturated rings. The normalized spacial score (nSPS) is 14.9. The smallest absolute Gasteiger partial charge is 0.252 e. The van der Waals surface area contributed by atoms with Gasteiger partial charge in [0, 0.05) is 29.2 Å². The largest absolute Gasteiger partial charge is 0.370 e. The molecule has 3 aromatic rings. The monoisotopic (exact) mass is 517 g/mol. The second kappa shape index (κ2) is 12.8. The number of aryl methyl sites for hydroxylation is 4. The Morgan fingerprint density at radius 1 is 0.865 bits per heavy atom. The van der Waals surface area contributed by atoms with Gasteiger partial charge >= 0.3 is 0 Å². The summed E-state index contributed by atoms with van der Waals surface area (Å²) in [6.45, 7) is 15.0. The molecular formula is C32H41N2O2S+. The maximum Gasteiger partial charge on any atom is 0.252 e. The maximum atomic E-state index is 13.1. The van der Waals surface area contributed by atoms with Crippen LogP contribution in [0.2, 0.25) is 0 Å². The first-order valence-corrected chi connectivity index (χ1v) is 14.4. The van der Waals surface area contributed by atoms with Crippen molar-refractivity contribution in [1.82, 2.24) is 5.32 Å². The van der Waals surface area contributed by atoms with E-state index < -0.39 is 0 Å². The third kappa shape index (κ3) is 7.94. The van der Waals surface area contributed by atoms with Crippen molar-refractivity contribution < 1.29 is 14.0 Å². The van der Waals surface area contributed by atoms with Crippen molar-refractivity contribution >= 4 is 17.7 Å². The Kier molecular flexibility index (Phi) is 9.47. The zero-order valence-corrected chi connectivity index (χ0v) is 23.6. The Morgan fingerprint density at radius 3 is 2.11 bits per heavy atom. The van der Waals surface area contributed by atoms with Crippen LogP contribution in [0.4, 0.5) is 0 Å². The zero-order chi connectivity index (χ0) is 26.3. The molecule has 3 aromatic carbocycles. The van der Waals surface area contributed by atoms with Gasteiger partial charge in [-0.2, -0.15) is 0 Å². The van der Waals surface area contributed by atoms with Crippen molar-refractivity contribution in [2.75, 3.05) is 39.4 Å². The molecule has 0 saturated carbocycles. The first kappa shape index (κ1) is 27.4. The van der Waals surface area contributed by atoms with Crippen LogP contribution in [-0.4, -0.2) is 49.8 Å². The molecule has 5 heteroatoms. The summed E-state index contributed by atoms with van der Waals surface area (Å²) < 4.78 is 6.73. The van der Waals surface area contributed by atoms with E-state index in [0.29, 0.717) is 6.54 Å². The quantitative estimate of drug-likeness (QED) is 0.193. The number of nitrogens with one attached hydrogen (secondary N) is 1. The van der Waals surface area contributed by atoms with Crippen molar-refractivity contribution in [1.29, 1.82) is 0 Å². The van der Waals surface area contributed by atoms with Crippen molar-refractivity contribution in [3.05, 3.63) is 99.6 Å². The molecule has 0 radical (unpaired) electrons. The predicted octanol–water partition coefficient (Wildman–Crippen LogP) is 6.38. The van der Waals surface area contributed by atoms with Crippen LogP contribution in [0.25, 0.3) is 0 Å². The van der Waals surface area contributed by atoms with Crippen molar-refractivity contribution in [2.45, 2.75) is 51.3 Å². The first-order valence-electron chi connectivity index (χ1n) is 13.4. The molecule has 1 N–H and O–H groups in total. The second-order valence-electron chi connectivity index (χ2n) is 10.7. The summed E-state index contributed by atoms with van der Waals surface area (Å²) in [5, 5.41) is 3.20. The van der Waals surface area contributed by atoms with E-state index in [0.717, 1.165) is 66.5 Å². The fourth-order valence-corrected chi connectivity index (χ4v) is 6.52. The lowest BCUT2D eigenvalue weighted by Gasteiger charge is -2.41. The number of hydrogen-bond donors (Lipinski definition) is 1. The Hall–Kier alpha value is -2.60. The highest BCUT2D eigenvalue weighted by Gasteiger charge is 2.30. The Morgan fingerprint density at radius 2 is 1.46 bits per heavy atom. The minimum Gasteiger partial charge on any atom is -0.370 e. The van der Waals surface area contributed by atoms with Crippen molar-refractivity contribution in [2.24, 2.45) is 0 Å². The summed E-state index contributed by atoms with van der Waals surface area (Å²) in [6.07, 6.45) is 0.953. The van der Waals surface area contributed by atoms with Crippen LogP contribution in [-0.2, 0) is 17.0 Å². The number of amides is 1. The average molecular weight is 518 g/mol. The summed E-state index contributed by atoms with van der Waals surface area (Å²) in [5.41, 5.74) is 8.66. The number of rotatable bonds is 10. The van der Waals surface area contributed by atoms with E-state index in [-0.39, 0.29) is 5.91 Å². The van der Waals surface area contributed by atoms with Crippen LogP contribution in [0.5, 0.6) is 0 Å². The molecule has 1 aliphatic rings. The molecular weight excluding hydrogens is 476 g/mol. The van der Waals surface area contributed by atoms with Crippen LogP contribution in [0, 0.1) is 27.7 Å². The maximum absolute atomic E-state index is 13.1. The van der Waals surface area contributed by atoms with Crippen LogP contribution < -0.4 is 5.32 Å². The van der Waals surface area contributed by atoms with E-state index in [2.05, 4.69) is 75.5 Å². The number of hydrogen-bond acceptors (Lipinski definition) is 3. The van der Waals surface area contributed by atoms with E-state index in [1.165, 1.54) is 33.4 Å². The van der Waals surface area contributed by atoms with Crippen LogP contribution in [0.3, 0.4) is 0 Å². The van der Waals surface area contributed by atoms with Gasteiger partial charge in [-0.3, -0.25) is 4.79 Å². The Bertz CT molecular complexity index is 1180. The zero-order valence-electron chi connectivity index (χ0n) is 22.8. The average Bonchev–Trinajstić information content (AvgIpc) is 2.85. The van der Waals surface area contributed by atoms with Crippen molar-refractivity contribution in [3.8, 4) is 0 Å². The molecule has 0 aromatic heterocycles. The number of benzene rings is 3. The van der Waals surface area contributed by atoms with E-state index in [1.807, 2.05) is 18.2 Å². The molecule has 1 amide bonds. The highest BCUT2D eigenvalue weighted by molar-refractivity contribution is 7.98. The molecule has 0 atom stereocenters.